The van der Waals surface area contributed by atoms with Gasteiger partial charge in [0.05, 0.1) is 5.56 Å². The third kappa shape index (κ3) is 5.13. The van der Waals surface area contributed by atoms with E-state index >= 15 is 0 Å². The largest absolute Gasteiger partial charge is 0.416 e. The highest BCUT2D eigenvalue weighted by Crippen LogP contribution is 2.30. The zero-order chi connectivity index (χ0) is 23.6. The van der Waals surface area contributed by atoms with Crippen LogP contribution in [0.4, 0.5) is 18.9 Å². The Balaban J connectivity index is 1.42. The monoisotopic (exact) mass is 458 g/mol. The number of anilines is 1. The molecule has 2 aromatic carbocycles. The van der Waals surface area contributed by atoms with Crippen molar-refractivity contribution in [1.82, 2.24) is 15.2 Å². The van der Waals surface area contributed by atoms with E-state index < -0.39 is 17.8 Å². The fraction of sp³-hybridized carbons (Fsp3) is 0.333. The van der Waals surface area contributed by atoms with Crippen LogP contribution in [-0.2, 0) is 22.2 Å². The number of aromatic amines is 1. The summed E-state index contributed by atoms with van der Waals surface area (Å²) in [6.45, 7) is 3.22. The van der Waals surface area contributed by atoms with Crippen molar-refractivity contribution < 1.29 is 22.8 Å². The molecule has 0 unspecified atom stereocenters. The van der Waals surface area contributed by atoms with Crippen LogP contribution in [0.3, 0.4) is 0 Å². The van der Waals surface area contributed by atoms with Gasteiger partial charge in [0.25, 0.3) is 0 Å². The fourth-order valence-corrected chi connectivity index (χ4v) is 4.23. The lowest BCUT2D eigenvalue weighted by atomic mass is 10.0. The number of rotatable bonds is 5. The number of nitrogens with zero attached hydrogens (tertiary/aromatic N) is 2. The molecule has 1 atom stereocenters. The lowest BCUT2D eigenvalue weighted by Gasteiger charge is -2.37. The van der Waals surface area contributed by atoms with Crippen LogP contribution in [0.5, 0.6) is 0 Å². The molecule has 3 aromatic rings. The molecule has 0 bridgehead atoms. The minimum atomic E-state index is -4.37. The molecule has 2 amide bonds. The van der Waals surface area contributed by atoms with Crippen LogP contribution in [0.1, 0.15) is 18.1 Å². The van der Waals surface area contributed by atoms with Crippen molar-refractivity contribution in [3.63, 3.8) is 0 Å². The molecule has 0 spiro atoms. The molecule has 1 fully saturated rings. The van der Waals surface area contributed by atoms with E-state index in [-0.39, 0.29) is 11.8 Å². The molecule has 174 valence electrons. The molecule has 0 saturated carbocycles. The van der Waals surface area contributed by atoms with Gasteiger partial charge in [0.1, 0.15) is 6.04 Å². The van der Waals surface area contributed by atoms with Gasteiger partial charge in [-0.3, -0.25) is 9.59 Å². The zero-order valence-corrected chi connectivity index (χ0v) is 18.2. The second-order valence-electron chi connectivity index (χ2n) is 8.17. The molecule has 1 aromatic heterocycles. The quantitative estimate of drug-likeness (QED) is 0.614. The van der Waals surface area contributed by atoms with Crippen LogP contribution in [0, 0.1) is 0 Å². The van der Waals surface area contributed by atoms with E-state index in [2.05, 4.69) is 10.3 Å². The number of carbonyl (C=O) groups excluding carboxylic acids is 2. The van der Waals surface area contributed by atoms with Crippen molar-refractivity contribution in [2.75, 3.05) is 31.1 Å². The van der Waals surface area contributed by atoms with E-state index in [4.69, 9.17) is 0 Å². The molecule has 0 aliphatic carbocycles. The van der Waals surface area contributed by atoms with E-state index in [1.54, 1.807) is 4.90 Å². The molecule has 1 saturated heterocycles. The van der Waals surface area contributed by atoms with Crippen molar-refractivity contribution >= 4 is 28.4 Å². The summed E-state index contributed by atoms with van der Waals surface area (Å²) in [5, 5.41) is 3.79. The molecule has 1 aliphatic rings. The van der Waals surface area contributed by atoms with Gasteiger partial charge in [-0.05, 0) is 35.9 Å². The van der Waals surface area contributed by atoms with E-state index in [0.717, 1.165) is 28.6 Å². The highest BCUT2D eigenvalue weighted by Gasteiger charge is 2.31. The fourth-order valence-electron chi connectivity index (χ4n) is 4.23. The smallest absolute Gasteiger partial charge is 0.368 e. The van der Waals surface area contributed by atoms with Crippen molar-refractivity contribution in [3.8, 4) is 0 Å². The highest BCUT2D eigenvalue weighted by atomic mass is 19.4. The highest BCUT2D eigenvalue weighted by molar-refractivity contribution is 5.89. The number of hydrogen-bond donors (Lipinski definition) is 2. The van der Waals surface area contributed by atoms with Gasteiger partial charge >= 0.3 is 6.18 Å². The minimum absolute atomic E-state index is 0.164. The average molecular weight is 458 g/mol. The van der Waals surface area contributed by atoms with Crippen LogP contribution in [-0.4, -0.2) is 53.9 Å². The van der Waals surface area contributed by atoms with Gasteiger partial charge in [0.2, 0.25) is 11.8 Å². The van der Waals surface area contributed by atoms with Gasteiger partial charge in [0.15, 0.2) is 0 Å². The number of alkyl halides is 3. The first-order valence-electron chi connectivity index (χ1n) is 10.8. The summed E-state index contributed by atoms with van der Waals surface area (Å²) in [6.07, 6.45) is -2.15. The Morgan fingerprint density at radius 1 is 1.03 bits per heavy atom. The normalized spacial score (nSPS) is 15.5. The van der Waals surface area contributed by atoms with Gasteiger partial charge in [-0.15, -0.1) is 0 Å². The molecule has 33 heavy (non-hydrogen) atoms. The number of hydrogen-bond acceptors (Lipinski definition) is 3. The van der Waals surface area contributed by atoms with Crippen LogP contribution in [0.2, 0.25) is 0 Å². The molecule has 2 N–H and O–H groups in total. The Bertz CT molecular complexity index is 1130. The SMILES string of the molecule is CC(=O)N[C@H](Cc1c[nH]c2ccccc12)C(=O)N1CCN(c2ccc(C(F)(F)F)cc2)CC1. The number of nitrogens with one attached hydrogen (secondary N) is 2. The van der Waals surface area contributed by atoms with Gasteiger partial charge in [0, 0.05) is 62.3 Å². The number of H-pyrrole nitrogens is 1. The number of aromatic nitrogens is 1. The van der Waals surface area contributed by atoms with Crippen molar-refractivity contribution in [2.45, 2.75) is 25.6 Å². The van der Waals surface area contributed by atoms with E-state index in [1.807, 2.05) is 35.4 Å². The Labute approximate surface area is 189 Å². The molecule has 2 heterocycles. The predicted octanol–water partition coefficient (Wildman–Crippen LogP) is 3.58. The lowest BCUT2D eigenvalue weighted by Crippen LogP contribution is -2.55. The zero-order valence-electron chi connectivity index (χ0n) is 18.2. The molecule has 6 nitrogen and oxygen atoms in total. The summed E-state index contributed by atoms with van der Waals surface area (Å²) in [5.41, 5.74) is 1.91. The minimum Gasteiger partial charge on any atom is -0.368 e. The number of piperazine rings is 1. The molecular weight excluding hydrogens is 433 g/mol. The standard InChI is InChI=1S/C24H25F3N4O2/c1-16(32)29-22(14-17-15-28-21-5-3-2-4-20(17)21)23(33)31-12-10-30(11-13-31)19-8-6-18(7-9-19)24(25,26)27/h2-9,15,22,28H,10-14H2,1H3,(H,29,32)/t22-/m1/s1. The van der Waals surface area contributed by atoms with Gasteiger partial charge < -0.3 is 20.1 Å². The van der Waals surface area contributed by atoms with Gasteiger partial charge in [-0.25, -0.2) is 0 Å². The predicted molar refractivity (Wildman–Crippen MR) is 120 cm³/mol. The lowest BCUT2D eigenvalue weighted by molar-refractivity contribution is -0.137. The first-order chi connectivity index (χ1) is 15.7. The maximum absolute atomic E-state index is 13.3. The molecule has 0 radical (unpaired) electrons. The summed E-state index contributed by atoms with van der Waals surface area (Å²) in [4.78, 5) is 31.9. The molecular formula is C24H25F3N4O2. The third-order valence-corrected chi connectivity index (χ3v) is 5.93. The third-order valence-electron chi connectivity index (χ3n) is 5.93. The van der Waals surface area contributed by atoms with Gasteiger partial charge in [-0.2, -0.15) is 13.2 Å². The maximum atomic E-state index is 13.3. The van der Waals surface area contributed by atoms with E-state index in [9.17, 15) is 22.8 Å². The number of amides is 2. The molecule has 4 rings (SSSR count). The average Bonchev–Trinajstić information content (AvgIpc) is 3.20. The molecule has 9 heteroatoms. The van der Waals surface area contributed by atoms with Gasteiger partial charge in [-0.1, -0.05) is 18.2 Å². The Morgan fingerprint density at radius 2 is 1.70 bits per heavy atom. The first kappa shape index (κ1) is 22.7. The van der Waals surface area contributed by atoms with Crippen molar-refractivity contribution in [2.24, 2.45) is 0 Å². The van der Waals surface area contributed by atoms with Crippen LogP contribution >= 0.6 is 0 Å². The number of benzene rings is 2. The Hall–Kier alpha value is -3.49. The number of halogens is 3. The second-order valence-corrected chi connectivity index (χ2v) is 8.17. The topological polar surface area (TPSA) is 68.4 Å². The Morgan fingerprint density at radius 3 is 2.33 bits per heavy atom. The summed E-state index contributed by atoms with van der Waals surface area (Å²) in [6, 6.07) is 12.1. The second kappa shape index (κ2) is 9.17. The Kier molecular flexibility index (Phi) is 6.31. The van der Waals surface area contributed by atoms with Crippen LogP contribution < -0.4 is 10.2 Å². The summed E-state index contributed by atoms with van der Waals surface area (Å²) < 4.78 is 38.4. The van der Waals surface area contributed by atoms with Crippen LogP contribution in [0.25, 0.3) is 10.9 Å². The number of para-hydroxylation sites is 1. The summed E-state index contributed by atoms with van der Waals surface area (Å²) in [5.74, 6) is -0.445. The summed E-state index contributed by atoms with van der Waals surface area (Å²) >= 11 is 0. The summed E-state index contributed by atoms with van der Waals surface area (Å²) in [7, 11) is 0. The number of fused-ring (bicyclic) bond motifs is 1. The van der Waals surface area contributed by atoms with Crippen molar-refractivity contribution in [3.05, 3.63) is 65.9 Å². The van der Waals surface area contributed by atoms with Crippen LogP contribution in [0.15, 0.2) is 54.7 Å². The van der Waals surface area contributed by atoms with E-state index in [0.29, 0.717) is 38.3 Å². The molecule has 1 aliphatic heterocycles. The van der Waals surface area contributed by atoms with E-state index in [1.165, 1.54) is 19.1 Å². The maximum Gasteiger partial charge on any atom is 0.416 e. The number of carbonyl (C=O) groups is 2. The first-order valence-corrected chi connectivity index (χ1v) is 10.8. The van der Waals surface area contributed by atoms with Crippen molar-refractivity contribution in [1.29, 1.82) is 0 Å².